The van der Waals surface area contributed by atoms with Gasteiger partial charge in [-0.1, -0.05) is 31.5 Å². The summed E-state index contributed by atoms with van der Waals surface area (Å²) in [6, 6.07) is 6.69. The van der Waals surface area contributed by atoms with Gasteiger partial charge in [-0.25, -0.2) is 4.39 Å². The summed E-state index contributed by atoms with van der Waals surface area (Å²) in [6.45, 7) is 2.06. The molecule has 4 heteroatoms. The SMILES string of the molecule is CCCc1[nH][nH]c(=O)c1CCc1ccccc1F. The van der Waals surface area contributed by atoms with Crippen LogP contribution in [0.5, 0.6) is 0 Å². The molecule has 1 aromatic carbocycles. The van der Waals surface area contributed by atoms with Gasteiger partial charge in [-0.2, -0.15) is 0 Å². The van der Waals surface area contributed by atoms with Gasteiger partial charge in [0.25, 0.3) is 5.56 Å². The number of aromatic nitrogens is 2. The normalized spacial score (nSPS) is 10.8. The van der Waals surface area contributed by atoms with Crippen LogP contribution in [0.2, 0.25) is 0 Å². The van der Waals surface area contributed by atoms with Crippen molar-refractivity contribution in [2.24, 2.45) is 0 Å². The molecule has 96 valence electrons. The average molecular weight is 248 g/mol. The Hall–Kier alpha value is -1.84. The van der Waals surface area contributed by atoms with E-state index in [-0.39, 0.29) is 11.4 Å². The molecule has 0 amide bonds. The Bertz CT molecular complexity index is 571. The van der Waals surface area contributed by atoms with Crippen molar-refractivity contribution in [3.05, 3.63) is 57.3 Å². The number of hydrogen-bond acceptors (Lipinski definition) is 1. The number of halogens is 1. The van der Waals surface area contributed by atoms with E-state index in [0.717, 1.165) is 24.1 Å². The standard InChI is InChI=1S/C14H17FN2O/c1-2-5-13-11(14(18)17-16-13)9-8-10-6-3-4-7-12(10)15/h3-4,6-7H,2,5,8-9H2,1H3,(H2,16,17,18). The van der Waals surface area contributed by atoms with Crippen LogP contribution in [0.1, 0.15) is 30.2 Å². The number of benzene rings is 1. The second-order valence-electron chi connectivity index (χ2n) is 4.38. The fraction of sp³-hybridized carbons (Fsp3) is 0.357. The highest BCUT2D eigenvalue weighted by Gasteiger charge is 2.10. The van der Waals surface area contributed by atoms with Gasteiger partial charge >= 0.3 is 0 Å². The molecule has 0 aliphatic carbocycles. The summed E-state index contributed by atoms with van der Waals surface area (Å²) in [5, 5.41) is 5.49. The van der Waals surface area contributed by atoms with Crippen LogP contribution >= 0.6 is 0 Å². The van der Waals surface area contributed by atoms with Crippen molar-refractivity contribution in [3.63, 3.8) is 0 Å². The van der Waals surface area contributed by atoms with Crippen LogP contribution < -0.4 is 5.56 Å². The predicted octanol–water partition coefficient (Wildman–Crippen LogP) is 2.58. The largest absolute Gasteiger partial charge is 0.302 e. The number of aromatic amines is 2. The summed E-state index contributed by atoms with van der Waals surface area (Å²) in [6.07, 6.45) is 2.92. The first kappa shape index (κ1) is 12.6. The Balaban J connectivity index is 2.13. The molecule has 3 nitrogen and oxygen atoms in total. The summed E-state index contributed by atoms with van der Waals surface area (Å²) < 4.78 is 13.5. The zero-order valence-corrected chi connectivity index (χ0v) is 10.4. The van der Waals surface area contributed by atoms with Gasteiger partial charge in [0, 0.05) is 11.3 Å². The molecule has 2 aromatic rings. The molecular formula is C14H17FN2O. The Labute approximate surface area is 105 Å². The van der Waals surface area contributed by atoms with Crippen LogP contribution in [0.15, 0.2) is 29.1 Å². The highest BCUT2D eigenvalue weighted by atomic mass is 19.1. The average Bonchev–Trinajstić information content (AvgIpc) is 2.70. The van der Waals surface area contributed by atoms with Gasteiger partial charge in [-0.15, -0.1) is 0 Å². The van der Waals surface area contributed by atoms with Crippen LogP contribution in [0.25, 0.3) is 0 Å². The summed E-state index contributed by atoms with van der Waals surface area (Å²) in [5.41, 5.74) is 2.26. The third-order valence-corrected chi connectivity index (χ3v) is 3.07. The molecule has 0 radical (unpaired) electrons. The Kier molecular flexibility index (Phi) is 3.97. The van der Waals surface area contributed by atoms with Gasteiger partial charge in [-0.3, -0.25) is 9.89 Å². The number of aryl methyl sites for hydroxylation is 2. The highest BCUT2D eigenvalue weighted by Crippen LogP contribution is 2.11. The molecule has 0 saturated carbocycles. The smallest absolute Gasteiger partial charge is 0.267 e. The molecule has 2 rings (SSSR count). The lowest BCUT2D eigenvalue weighted by atomic mass is 10.0. The van der Waals surface area contributed by atoms with Crippen molar-refractivity contribution < 1.29 is 4.39 Å². The van der Waals surface area contributed by atoms with Gasteiger partial charge in [0.15, 0.2) is 0 Å². The third kappa shape index (κ3) is 2.70. The van der Waals surface area contributed by atoms with E-state index in [4.69, 9.17) is 0 Å². The maximum atomic E-state index is 13.5. The molecule has 18 heavy (non-hydrogen) atoms. The maximum absolute atomic E-state index is 13.5. The van der Waals surface area contributed by atoms with E-state index in [1.54, 1.807) is 12.1 Å². The van der Waals surface area contributed by atoms with E-state index < -0.39 is 0 Å². The van der Waals surface area contributed by atoms with Gasteiger partial charge in [0.2, 0.25) is 0 Å². The lowest BCUT2D eigenvalue weighted by Gasteiger charge is -2.03. The van der Waals surface area contributed by atoms with Crippen LogP contribution in [-0.2, 0) is 19.3 Å². The molecule has 1 heterocycles. The molecule has 2 N–H and O–H groups in total. The van der Waals surface area contributed by atoms with Crippen molar-refractivity contribution >= 4 is 0 Å². The third-order valence-electron chi connectivity index (χ3n) is 3.07. The number of H-pyrrole nitrogens is 2. The minimum atomic E-state index is -0.207. The van der Waals surface area contributed by atoms with E-state index in [2.05, 4.69) is 17.1 Å². The van der Waals surface area contributed by atoms with E-state index >= 15 is 0 Å². The lowest BCUT2D eigenvalue weighted by Crippen LogP contribution is -2.09. The zero-order chi connectivity index (χ0) is 13.0. The van der Waals surface area contributed by atoms with Crippen LogP contribution in [0, 0.1) is 5.82 Å². The summed E-state index contributed by atoms with van der Waals surface area (Å²) in [5.74, 6) is -0.207. The number of hydrogen-bond donors (Lipinski definition) is 2. The highest BCUT2D eigenvalue weighted by molar-refractivity contribution is 5.22. The predicted molar refractivity (Wildman–Crippen MR) is 69.2 cm³/mol. The molecule has 0 spiro atoms. The van der Waals surface area contributed by atoms with E-state index in [1.165, 1.54) is 6.07 Å². The van der Waals surface area contributed by atoms with Crippen molar-refractivity contribution in [2.75, 3.05) is 0 Å². The van der Waals surface area contributed by atoms with Crippen molar-refractivity contribution in [1.82, 2.24) is 10.2 Å². The zero-order valence-electron chi connectivity index (χ0n) is 10.4. The maximum Gasteiger partial charge on any atom is 0.267 e. The van der Waals surface area contributed by atoms with E-state index in [9.17, 15) is 9.18 Å². The quantitative estimate of drug-likeness (QED) is 0.839. The summed E-state index contributed by atoms with van der Waals surface area (Å²) >= 11 is 0. The molecule has 0 atom stereocenters. The topological polar surface area (TPSA) is 48.6 Å². The lowest BCUT2D eigenvalue weighted by molar-refractivity contribution is 0.608. The summed E-state index contributed by atoms with van der Waals surface area (Å²) in [7, 11) is 0. The van der Waals surface area contributed by atoms with Crippen LogP contribution in [0.3, 0.4) is 0 Å². The molecule has 0 bridgehead atoms. The molecular weight excluding hydrogens is 231 g/mol. The first-order valence-electron chi connectivity index (χ1n) is 6.24. The van der Waals surface area contributed by atoms with Gasteiger partial charge in [-0.05, 0) is 30.9 Å². The number of nitrogens with one attached hydrogen (secondary N) is 2. The Morgan fingerprint density at radius 1 is 1.11 bits per heavy atom. The van der Waals surface area contributed by atoms with Crippen molar-refractivity contribution in [2.45, 2.75) is 32.6 Å². The second-order valence-corrected chi connectivity index (χ2v) is 4.38. The Morgan fingerprint density at radius 3 is 2.61 bits per heavy atom. The monoisotopic (exact) mass is 248 g/mol. The minimum absolute atomic E-state index is 0.0882. The van der Waals surface area contributed by atoms with Gasteiger partial charge in [0.1, 0.15) is 5.82 Å². The Morgan fingerprint density at radius 2 is 1.89 bits per heavy atom. The van der Waals surface area contributed by atoms with Gasteiger partial charge < -0.3 is 5.10 Å². The van der Waals surface area contributed by atoms with Crippen molar-refractivity contribution in [3.8, 4) is 0 Å². The second kappa shape index (κ2) is 5.67. The minimum Gasteiger partial charge on any atom is -0.302 e. The molecule has 0 aliphatic heterocycles. The van der Waals surface area contributed by atoms with Gasteiger partial charge in [0.05, 0.1) is 0 Å². The number of rotatable bonds is 5. The van der Waals surface area contributed by atoms with E-state index in [1.807, 2.05) is 6.07 Å². The molecule has 0 unspecified atom stereocenters. The molecule has 0 saturated heterocycles. The first-order chi connectivity index (χ1) is 8.72. The van der Waals surface area contributed by atoms with Crippen LogP contribution in [0.4, 0.5) is 4.39 Å². The molecule has 1 aromatic heterocycles. The summed E-state index contributed by atoms with van der Waals surface area (Å²) in [4.78, 5) is 11.6. The van der Waals surface area contributed by atoms with Crippen molar-refractivity contribution in [1.29, 1.82) is 0 Å². The molecule has 0 fully saturated rings. The molecule has 0 aliphatic rings. The van der Waals surface area contributed by atoms with E-state index in [0.29, 0.717) is 18.4 Å². The first-order valence-corrected chi connectivity index (χ1v) is 6.24. The fourth-order valence-corrected chi connectivity index (χ4v) is 2.11. The fourth-order valence-electron chi connectivity index (χ4n) is 2.11. The van der Waals surface area contributed by atoms with Crippen LogP contribution in [-0.4, -0.2) is 10.2 Å².